The molecule has 0 bridgehead atoms. The van der Waals surface area contributed by atoms with E-state index < -0.39 is 46.7 Å². The highest BCUT2D eigenvalue weighted by Gasteiger charge is 2.26. The number of rotatable bonds is 15. The van der Waals surface area contributed by atoms with Crippen molar-refractivity contribution in [2.45, 2.75) is 28.0 Å². The number of benzene rings is 4. The van der Waals surface area contributed by atoms with E-state index in [-0.39, 0.29) is 56.3 Å². The largest absolute Gasteiger partial charge is 0.505 e. The molecule has 0 aliphatic carbocycles. The van der Waals surface area contributed by atoms with Gasteiger partial charge in [0.25, 0.3) is 10.1 Å². The number of thioether (sulfide) groups is 1. The maximum atomic E-state index is 12.4. The normalized spacial score (nSPS) is 12.4. The van der Waals surface area contributed by atoms with Crippen molar-refractivity contribution in [1.29, 1.82) is 0 Å². The van der Waals surface area contributed by atoms with Crippen molar-refractivity contribution in [1.82, 2.24) is 0 Å². The van der Waals surface area contributed by atoms with Gasteiger partial charge in [-0.1, -0.05) is 24.1 Å². The van der Waals surface area contributed by atoms with E-state index in [1.807, 2.05) is 6.11 Å². The first-order valence-corrected chi connectivity index (χ1v) is 20.2. The summed E-state index contributed by atoms with van der Waals surface area (Å²) < 4.78 is 95.9. The Balaban J connectivity index is 1.70. The number of nitrogens with two attached hydrogens (primary N) is 1. The van der Waals surface area contributed by atoms with Gasteiger partial charge in [-0.25, -0.2) is 13.7 Å². The highest BCUT2D eigenvalue weighted by atomic mass is 32.3. The van der Waals surface area contributed by atoms with E-state index >= 15 is 0 Å². The van der Waals surface area contributed by atoms with Crippen LogP contribution in [0.4, 0.5) is 28.4 Å². The summed E-state index contributed by atoms with van der Waals surface area (Å²) in [5.74, 6) is -0.834. The van der Waals surface area contributed by atoms with E-state index in [1.54, 1.807) is 31.2 Å². The molecular weight excluding hydrogens is 791 g/mol. The van der Waals surface area contributed by atoms with Crippen LogP contribution in [0, 0.1) is 11.4 Å². The number of hydrogen-bond acceptors (Lipinski definition) is 19. The number of phenols is 1. The molecule has 4 aromatic carbocycles. The Hall–Kier alpha value is -4.39. The van der Waals surface area contributed by atoms with Crippen molar-refractivity contribution in [2.75, 3.05) is 17.2 Å². The summed E-state index contributed by atoms with van der Waals surface area (Å²) in [6.07, 6.45) is 2.16. The minimum atomic E-state index is -5.01. The Kier molecular flexibility index (Phi) is 13.5. The van der Waals surface area contributed by atoms with Crippen LogP contribution in [0.5, 0.6) is 5.75 Å². The Bertz CT molecular complexity index is 2400. The van der Waals surface area contributed by atoms with Gasteiger partial charge in [-0.3, -0.25) is 14.0 Å². The average Bonchev–Trinajstić information content (AvgIpc) is 3.08. The number of sulfone groups is 1. The van der Waals surface area contributed by atoms with E-state index in [4.69, 9.17) is 15.5 Å². The Morgan fingerprint density at radius 1 is 0.865 bits per heavy atom. The van der Waals surface area contributed by atoms with Gasteiger partial charge in [-0.15, -0.1) is 14.6 Å². The van der Waals surface area contributed by atoms with Crippen LogP contribution in [0.2, 0.25) is 0 Å². The minimum Gasteiger partial charge on any atom is -0.505 e. The molecule has 0 saturated carbocycles. The molecule has 276 valence electrons. The van der Waals surface area contributed by atoms with Crippen LogP contribution in [0.1, 0.15) is 12.5 Å². The SMILES string of the molecule is CCS(=O)(=O)CCc1ccc(N=Nc2c(S(=O)(=O)O)cc3cc(SOOO)c(N=Nc4ccc(SC#COOS(=O)(=O)O)cc4)c(N)c3c2O)cc1. The molecule has 19 nitrogen and oxygen atoms in total. The molecule has 0 unspecified atom stereocenters. The van der Waals surface area contributed by atoms with Crippen LogP contribution >= 0.6 is 23.8 Å². The van der Waals surface area contributed by atoms with Crippen molar-refractivity contribution in [3.63, 3.8) is 0 Å². The summed E-state index contributed by atoms with van der Waals surface area (Å²) in [6.45, 7) is 1.55. The van der Waals surface area contributed by atoms with Gasteiger partial charge in [-0.2, -0.15) is 27.1 Å². The van der Waals surface area contributed by atoms with E-state index in [2.05, 4.69) is 44.3 Å². The van der Waals surface area contributed by atoms with Crippen molar-refractivity contribution in [3.8, 4) is 17.1 Å². The van der Waals surface area contributed by atoms with Gasteiger partial charge in [0.2, 0.25) is 0 Å². The molecule has 0 atom stereocenters. The van der Waals surface area contributed by atoms with Crippen LogP contribution in [-0.4, -0.2) is 56.2 Å². The van der Waals surface area contributed by atoms with Crippen LogP contribution in [0.15, 0.2) is 95.8 Å². The first-order chi connectivity index (χ1) is 24.5. The number of azo groups is 2. The molecule has 0 radical (unpaired) electrons. The summed E-state index contributed by atoms with van der Waals surface area (Å²) in [7, 11) is -13.0. The molecule has 4 rings (SSSR count). The average molecular weight is 816 g/mol. The Morgan fingerprint density at radius 3 is 2.06 bits per heavy atom. The zero-order valence-electron chi connectivity index (χ0n) is 26.2. The fourth-order valence-electron chi connectivity index (χ4n) is 4.12. The summed E-state index contributed by atoms with van der Waals surface area (Å²) in [5, 5.41) is 42.0. The molecule has 0 spiro atoms. The quantitative estimate of drug-likeness (QED) is 0.0127. The lowest BCUT2D eigenvalue weighted by atomic mass is 10.1. The van der Waals surface area contributed by atoms with E-state index in [0.29, 0.717) is 22.5 Å². The van der Waals surface area contributed by atoms with Crippen molar-refractivity contribution in [2.24, 2.45) is 20.5 Å². The van der Waals surface area contributed by atoms with Gasteiger partial charge in [0, 0.05) is 15.9 Å². The van der Waals surface area contributed by atoms with E-state index in [9.17, 15) is 34.9 Å². The molecule has 24 heteroatoms. The van der Waals surface area contributed by atoms with Gasteiger partial charge in [-0.05, 0) is 82.0 Å². The number of aromatic hydroxyl groups is 1. The van der Waals surface area contributed by atoms with Gasteiger partial charge in [0.1, 0.15) is 26.1 Å². The second kappa shape index (κ2) is 17.4. The number of anilines is 1. The number of aryl methyl sites for hydroxylation is 1. The highest BCUT2D eigenvalue weighted by molar-refractivity contribution is 8.04. The third-order valence-electron chi connectivity index (χ3n) is 6.56. The van der Waals surface area contributed by atoms with Crippen LogP contribution in [0.3, 0.4) is 0 Å². The molecule has 0 aliphatic heterocycles. The predicted octanol–water partition coefficient (Wildman–Crippen LogP) is 6.37. The lowest BCUT2D eigenvalue weighted by Gasteiger charge is -2.14. The highest BCUT2D eigenvalue weighted by Crippen LogP contribution is 2.49. The number of nitrogens with zero attached hydrogens (tertiary/aromatic N) is 4. The first-order valence-electron chi connectivity index (χ1n) is 14.0. The molecular formula is C28H25N5O14S5. The predicted molar refractivity (Wildman–Crippen MR) is 187 cm³/mol. The summed E-state index contributed by atoms with van der Waals surface area (Å²) in [5.41, 5.74) is 6.52. The molecule has 0 fully saturated rings. The fourth-order valence-corrected chi connectivity index (χ4v) is 6.71. The van der Waals surface area contributed by atoms with Gasteiger partial charge < -0.3 is 10.8 Å². The zero-order chi connectivity index (χ0) is 38.1. The topological polar surface area (TPSA) is 296 Å². The smallest absolute Gasteiger partial charge is 0.433 e. The van der Waals surface area contributed by atoms with Crippen molar-refractivity contribution >= 4 is 93.4 Å². The molecule has 0 aliphatic rings. The minimum absolute atomic E-state index is 0.0105. The number of phenolic OH excluding ortho intramolecular Hbond substituents is 1. The lowest BCUT2D eigenvalue weighted by Crippen LogP contribution is -2.10. The fraction of sp³-hybridized carbons (Fsp3) is 0.143. The molecule has 6 N–H and O–H groups in total. The number of fused-ring (bicyclic) bond motifs is 1. The Morgan fingerprint density at radius 2 is 1.48 bits per heavy atom. The van der Waals surface area contributed by atoms with Gasteiger partial charge in [0.05, 0.1) is 45.1 Å². The maximum Gasteiger partial charge on any atom is 0.433 e. The summed E-state index contributed by atoms with van der Waals surface area (Å²) in [6, 6.07) is 14.6. The van der Waals surface area contributed by atoms with Gasteiger partial charge in [0.15, 0.2) is 11.9 Å². The maximum absolute atomic E-state index is 12.4. The van der Waals surface area contributed by atoms with Crippen molar-refractivity contribution < 1.29 is 63.3 Å². The van der Waals surface area contributed by atoms with Crippen LogP contribution in [-0.2, 0) is 55.4 Å². The Labute approximate surface area is 304 Å². The third-order valence-corrected chi connectivity index (χ3v) is 10.7. The second-order valence-corrected chi connectivity index (χ2v) is 16.4. The molecule has 0 aromatic heterocycles. The summed E-state index contributed by atoms with van der Waals surface area (Å²) >= 11 is 1.30. The lowest BCUT2D eigenvalue weighted by molar-refractivity contribution is -0.432. The van der Waals surface area contributed by atoms with Gasteiger partial charge >= 0.3 is 10.4 Å². The molecule has 4 aromatic rings. The van der Waals surface area contributed by atoms with Crippen molar-refractivity contribution in [3.05, 3.63) is 66.2 Å². The standard InChI is InChI=1S/C28H25N5O14S5/c1-2-50(36,37)14-11-17-3-5-19(6-4-17)31-33-27-23(51(38,39)40)16-18-15-22(49-46-45-35)26(25(29)24(18)28(27)34)32-30-20-7-9-21(10-8-20)48-13-12-44-47-52(41,42)43/h3-10,15-16,34-35H,2,11,14,29H2,1H3,(H,38,39,40)(H,41,42,43). The van der Waals surface area contributed by atoms with E-state index in [0.717, 1.165) is 17.8 Å². The molecule has 52 heavy (non-hydrogen) atoms. The van der Waals surface area contributed by atoms with Crippen LogP contribution in [0.25, 0.3) is 10.8 Å². The molecule has 0 amide bonds. The summed E-state index contributed by atoms with van der Waals surface area (Å²) in [4.78, 5) is 3.76. The first kappa shape index (κ1) is 40.4. The second-order valence-electron chi connectivity index (χ2n) is 9.94. The number of nitrogen functional groups attached to an aromatic ring is 1. The molecule has 0 saturated heterocycles. The number of hydrogen-bond donors (Lipinski definition) is 5. The monoisotopic (exact) mass is 815 g/mol. The van der Waals surface area contributed by atoms with Crippen LogP contribution < -0.4 is 5.73 Å². The zero-order valence-corrected chi connectivity index (χ0v) is 30.3. The third kappa shape index (κ3) is 11.3. The van der Waals surface area contributed by atoms with E-state index in [1.165, 1.54) is 30.3 Å². The molecule has 0 heterocycles.